The van der Waals surface area contributed by atoms with Gasteiger partial charge in [-0.2, -0.15) is 0 Å². The highest BCUT2D eigenvalue weighted by atomic mass is 14.7. The van der Waals surface area contributed by atoms with Gasteiger partial charge in [0.2, 0.25) is 0 Å². The molecule has 0 aromatic rings. The van der Waals surface area contributed by atoms with E-state index in [0.717, 1.165) is 5.92 Å². The third kappa shape index (κ3) is 5.30. The molecule has 2 atom stereocenters. The van der Waals surface area contributed by atoms with Gasteiger partial charge in [0.05, 0.1) is 0 Å². The van der Waals surface area contributed by atoms with Crippen molar-refractivity contribution >= 4 is 0 Å². The lowest BCUT2D eigenvalue weighted by Gasteiger charge is -2.33. The van der Waals surface area contributed by atoms with Crippen LogP contribution in [0.25, 0.3) is 0 Å². The smallest absolute Gasteiger partial charge is 0.0157 e. The molecule has 0 aliphatic heterocycles. The zero-order valence-corrected chi connectivity index (χ0v) is 13.2. The fraction of sp³-hybridized carbons (Fsp3) is 1.00. The van der Waals surface area contributed by atoms with Gasteiger partial charge < -0.3 is 5.73 Å². The van der Waals surface area contributed by atoms with Crippen LogP contribution < -0.4 is 5.73 Å². The van der Waals surface area contributed by atoms with Crippen molar-refractivity contribution in [2.45, 2.75) is 97.4 Å². The predicted octanol–water partition coefficient (Wildman–Crippen LogP) is 5.28. The van der Waals surface area contributed by atoms with Crippen LogP contribution in [0.15, 0.2) is 0 Å². The maximum atomic E-state index is 6.73. The molecule has 1 aliphatic rings. The van der Waals surface area contributed by atoms with Crippen molar-refractivity contribution in [3.63, 3.8) is 0 Å². The molecule has 2 N–H and O–H groups in total. The number of rotatable bonds is 6. The van der Waals surface area contributed by atoms with Crippen LogP contribution in [-0.2, 0) is 0 Å². The molecule has 108 valence electrons. The fourth-order valence-corrected chi connectivity index (χ4v) is 3.48. The lowest BCUT2D eigenvalue weighted by atomic mass is 9.78. The van der Waals surface area contributed by atoms with Crippen molar-refractivity contribution < 1.29 is 0 Å². The standard InChI is InChI=1S/C17H35N/c1-5-7-9-15(6-2)14-17(18)11-8-10-16(3,4)12-13-17/h15H,5-14,18H2,1-4H3. The summed E-state index contributed by atoms with van der Waals surface area (Å²) in [4.78, 5) is 0. The average Bonchev–Trinajstić information content (AvgIpc) is 2.44. The van der Waals surface area contributed by atoms with Crippen LogP contribution >= 0.6 is 0 Å². The lowest BCUT2D eigenvalue weighted by molar-refractivity contribution is 0.251. The summed E-state index contributed by atoms with van der Waals surface area (Å²) in [6.45, 7) is 9.45. The van der Waals surface area contributed by atoms with E-state index in [1.54, 1.807) is 0 Å². The molecule has 1 saturated carbocycles. The van der Waals surface area contributed by atoms with Gasteiger partial charge in [0.25, 0.3) is 0 Å². The largest absolute Gasteiger partial charge is 0.325 e. The summed E-state index contributed by atoms with van der Waals surface area (Å²) in [5.74, 6) is 0.858. The summed E-state index contributed by atoms with van der Waals surface area (Å²) in [7, 11) is 0. The van der Waals surface area contributed by atoms with Crippen LogP contribution in [-0.4, -0.2) is 5.54 Å². The molecule has 18 heavy (non-hydrogen) atoms. The topological polar surface area (TPSA) is 26.0 Å². The Bertz CT molecular complexity index is 234. The Kier molecular flexibility index (Phi) is 6.17. The predicted molar refractivity (Wildman–Crippen MR) is 81.7 cm³/mol. The molecular weight excluding hydrogens is 218 g/mol. The highest BCUT2D eigenvalue weighted by Gasteiger charge is 2.33. The molecule has 1 aliphatic carbocycles. The lowest BCUT2D eigenvalue weighted by Crippen LogP contribution is -2.41. The Morgan fingerprint density at radius 1 is 1.06 bits per heavy atom. The van der Waals surface area contributed by atoms with Crippen molar-refractivity contribution in [2.75, 3.05) is 0 Å². The van der Waals surface area contributed by atoms with Gasteiger partial charge in [-0.1, -0.05) is 59.8 Å². The van der Waals surface area contributed by atoms with Crippen LogP contribution in [0.5, 0.6) is 0 Å². The summed E-state index contributed by atoms with van der Waals surface area (Å²) in [5, 5.41) is 0. The van der Waals surface area contributed by atoms with Crippen molar-refractivity contribution in [1.29, 1.82) is 0 Å². The molecule has 0 bridgehead atoms. The van der Waals surface area contributed by atoms with E-state index in [1.807, 2.05) is 0 Å². The molecule has 0 aromatic carbocycles. The second kappa shape index (κ2) is 6.93. The molecule has 2 unspecified atom stereocenters. The molecule has 0 heterocycles. The van der Waals surface area contributed by atoms with E-state index in [2.05, 4.69) is 27.7 Å². The molecule has 1 fully saturated rings. The van der Waals surface area contributed by atoms with Gasteiger partial charge in [-0.25, -0.2) is 0 Å². The van der Waals surface area contributed by atoms with E-state index in [0.29, 0.717) is 5.41 Å². The van der Waals surface area contributed by atoms with Crippen molar-refractivity contribution in [1.82, 2.24) is 0 Å². The van der Waals surface area contributed by atoms with Gasteiger partial charge in [-0.05, 0) is 43.4 Å². The normalized spacial score (nSPS) is 29.8. The van der Waals surface area contributed by atoms with Gasteiger partial charge in [0.1, 0.15) is 0 Å². The van der Waals surface area contributed by atoms with Gasteiger partial charge in [-0.15, -0.1) is 0 Å². The first kappa shape index (κ1) is 16.0. The van der Waals surface area contributed by atoms with E-state index in [1.165, 1.54) is 64.2 Å². The molecule has 0 aromatic heterocycles. The quantitative estimate of drug-likeness (QED) is 0.640. The molecule has 0 saturated heterocycles. The van der Waals surface area contributed by atoms with Gasteiger partial charge >= 0.3 is 0 Å². The number of nitrogens with two attached hydrogens (primary N) is 1. The molecule has 0 radical (unpaired) electrons. The number of hydrogen-bond donors (Lipinski definition) is 1. The summed E-state index contributed by atoms with van der Waals surface area (Å²) in [6, 6.07) is 0. The Morgan fingerprint density at radius 2 is 1.78 bits per heavy atom. The molecule has 1 rings (SSSR count). The average molecular weight is 253 g/mol. The van der Waals surface area contributed by atoms with E-state index in [4.69, 9.17) is 5.73 Å². The van der Waals surface area contributed by atoms with E-state index < -0.39 is 0 Å². The Labute approximate surface area is 115 Å². The number of unbranched alkanes of at least 4 members (excludes halogenated alkanes) is 1. The molecule has 1 heteroatoms. The Balaban J connectivity index is 2.51. The SMILES string of the molecule is CCCCC(CC)CC1(N)CCCC(C)(C)CC1. The highest BCUT2D eigenvalue weighted by molar-refractivity contribution is 4.91. The first-order chi connectivity index (χ1) is 8.41. The third-order valence-corrected chi connectivity index (χ3v) is 5.07. The second-order valence-electron chi connectivity index (χ2n) is 7.50. The van der Waals surface area contributed by atoms with Crippen LogP contribution in [0.4, 0.5) is 0 Å². The molecular formula is C17H35N. The summed E-state index contributed by atoms with van der Waals surface area (Å²) in [5.41, 5.74) is 7.39. The van der Waals surface area contributed by atoms with Crippen molar-refractivity contribution in [3.05, 3.63) is 0 Å². The zero-order valence-electron chi connectivity index (χ0n) is 13.2. The first-order valence-corrected chi connectivity index (χ1v) is 8.20. The first-order valence-electron chi connectivity index (χ1n) is 8.20. The summed E-state index contributed by atoms with van der Waals surface area (Å²) >= 11 is 0. The highest BCUT2D eigenvalue weighted by Crippen LogP contribution is 2.40. The van der Waals surface area contributed by atoms with Gasteiger partial charge in [0, 0.05) is 5.54 Å². The van der Waals surface area contributed by atoms with Crippen LogP contribution in [0.3, 0.4) is 0 Å². The molecule has 0 amide bonds. The van der Waals surface area contributed by atoms with Gasteiger partial charge in [-0.3, -0.25) is 0 Å². The minimum atomic E-state index is 0.141. The Morgan fingerprint density at radius 3 is 2.39 bits per heavy atom. The fourth-order valence-electron chi connectivity index (χ4n) is 3.48. The minimum absolute atomic E-state index is 0.141. The van der Waals surface area contributed by atoms with Crippen molar-refractivity contribution in [3.8, 4) is 0 Å². The van der Waals surface area contributed by atoms with Crippen LogP contribution in [0.2, 0.25) is 0 Å². The Hall–Kier alpha value is -0.0400. The van der Waals surface area contributed by atoms with E-state index in [-0.39, 0.29) is 5.54 Å². The third-order valence-electron chi connectivity index (χ3n) is 5.07. The van der Waals surface area contributed by atoms with E-state index >= 15 is 0 Å². The minimum Gasteiger partial charge on any atom is -0.325 e. The second-order valence-corrected chi connectivity index (χ2v) is 7.50. The molecule has 0 spiro atoms. The maximum Gasteiger partial charge on any atom is 0.0157 e. The summed E-state index contributed by atoms with van der Waals surface area (Å²) < 4.78 is 0. The molecule has 1 nitrogen and oxygen atoms in total. The van der Waals surface area contributed by atoms with Crippen LogP contribution in [0, 0.1) is 11.3 Å². The number of hydrogen-bond acceptors (Lipinski definition) is 1. The van der Waals surface area contributed by atoms with Crippen LogP contribution in [0.1, 0.15) is 91.9 Å². The van der Waals surface area contributed by atoms with Crippen molar-refractivity contribution in [2.24, 2.45) is 17.1 Å². The van der Waals surface area contributed by atoms with E-state index in [9.17, 15) is 0 Å². The zero-order chi connectivity index (χ0) is 13.6. The maximum absolute atomic E-state index is 6.73. The monoisotopic (exact) mass is 253 g/mol. The van der Waals surface area contributed by atoms with Gasteiger partial charge in [0.15, 0.2) is 0 Å². The summed E-state index contributed by atoms with van der Waals surface area (Å²) in [6.07, 6.45) is 13.1.